The second-order valence-corrected chi connectivity index (χ2v) is 6.12. The Bertz CT molecular complexity index is 409. The van der Waals surface area contributed by atoms with Crippen molar-refractivity contribution >= 4 is 17.3 Å². The van der Waals surface area contributed by atoms with Crippen LogP contribution in [0.15, 0.2) is 16.8 Å². The van der Waals surface area contributed by atoms with Gasteiger partial charge in [0, 0.05) is 12.6 Å². The highest BCUT2D eigenvalue weighted by molar-refractivity contribution is 7.07. The number of carbonyl (C=O) groups is 1. The summed E-state index contributed by atoms with van der Waals surface area (Å²) in [6, 6.07) is 2.73. The molecule has 0 radical (unpaired) electrons. The molecule has 1 heterocycles. The highest BCUT2D eigenvalue weighted by Crippen LogP contribution is 2.41. The highest BCUT2D eigenvalue weighted by atomic mass is 32.1. The molecule has 0 aliphatic heterocycles. The Hall–Kier alpha value is -0.870. The van der Waals surface area contributed by atoms with E-state index in [4.69, 9.17) is 4.74 Å². The van der Waals surface area contributed by atoms with E-state index in [9.17, 15) is 4.79 Å². The van der Waals surface area contributed by atoms with Crippen LogP contribution in [0.1, 0.15) is 31.2 Å². The number of nitrogens with zero attached hydrogens (tertiary/aromatic N) is 1. The lowest BCUT2D eigenvalue weighted by atomic mass is 10.1. The summed E-state index contributed by atoms with van der Waals surface area (Å²) in [5, 5.41) is 4.28. The lowest BCUT2D eigenvalue weighted by Gasteiger charge is -2.29. The third kappa shape index (κ3) is 2.59. The fourth-order valence-corrected chi connectivity index (χ4v) is 3.25. The molecule has 0 saturated heterocycles. The van der Waals surface area contributed by atoms with Crippen molar-refractivity contribution in [1.29, 1.82) is 0 Å². The molecule has 3 rings (SSSR count). The van der Waals surface area contributed by atoms with E-state index in [-0.39, 0.29) is 12.0 Å². The monoisotopic (exact) mass is 265 g/mol. The maximum absolute atomic E-state index is 12.0. The van der Waals surface area contributed by atoms with Crippen LogP contribution < -0.4 is 0 Å². The van der Waals surface area contributed by atoms with Gasteiger partial charge in [0.05, 0.1) is 7.11 Å². The van der Waals surface area contributed by atoms with Gasteiger partial charge in [0.2, 0.25) is 0 Å². The van der Waals surface area contributed by atoms with Gasteiger partial charge in [0.15, 0.2) is 0 Å². The van der Waals surface area contributed by atoms with Crippen LogP contribution in [0.25, 0.3) is 0 Å². The molecule has 0 spiro atoms. The van der Waals surface area contributed by atoms with Gasteiger partial charge in [-0.1, -0.05) is 0 Å². The maximum Gasteiger partial charge on any atom is 0.323 e. The summed E-state index contributed by atoms with van der Waals surface area (Å²) in [7, 11) is 1.51. The molecule has 1 atom stereocenters. The lowest BCUT2D eigenvalue weighted by Crippen LogP contribution is -2.44. The van der Waals surface area contributed by atoms with E-state index in [0.29, 0.717) is 12.0 Å². The van der Waals surface area contributed by atoms with Crippen molar-refractivity contribution in [3.05, 3.63) is 22.4 Å². The SMILES string of the molecule is COC(=O)C(C1CC1)N(Cc1ccsc1)C1CC1. The van der Waals surface area contributed by atoms with E-state index in [2.05, 4.69) is 21.7 Å². The van der Waals surface area contributed by atoms with Crippen LogP contribution in [-0.4, -0.2) is 30.1 Å². The van der Waals surface area contributed by atoms with Gasteiger partial charge in [-0.15, -0.1) is 0 Å². The molecule has 2 fully saturated rings. The summed E-state index contributed by atoms with van der Waals surface area (Å²) in [5.74, 6) is 0.483. The first kappa shape index (κ1) is 12.2. The smallest absolute Gasteiger partial charge is 0.323 e. The molecule has 2 aliphatic carbocycles. The molecular formula is C14H19NO2S. The van der Waals surface area contributed by atoms with Crippen molar-refractivity contribution in [2.24, 2.45) is 5.92 Å². The van der Waals surface area contributed by atoms with E-state index in [1.165, 1.54) is 38.4 Å². The van der Waals surface area contributed by atoms with Gasteiger partial charge in [-0.3, -0.25) is 9.69 Å². The molecule has 0 bridgehead atoms. The summed E-state index contributed by atoms with van der Waals surface area (Å²) >= 11 is 1.72. The van der Waals surface area contributed by atoms with Gasteiger partial charge < -0.3 is 4.74 Å². The van der Waals surface area contributed by atoms with Crippen LogP contribution in [0.4, 0.5) is 0 Å². The molecule has 18 heavy (non-hydrogen) atoms. The first-order valence-electron chi connectivity index (χ1n) is 6.64. The zero-order valence-corrected chi connectivity index (χ0v) is 11.5. The average molecular weight is 265 g/mol. The van der Waals surface area contributed by atoms with Crippen molar-refractivity contribution in [3.8, 4) is 0 Å². The average Bonchev–Trinajstić information content (AvgIpc) is 3.29. The van der Waals surface area contributed by atoms with Gasteiger partial charge in [-0.2, -0.15) is 11.3 Å². The second kappa shape index (κ2) is 5.02. The molecular weight excluding hydrogens is 246 g/mol. The molecule has 0 N–H and O–H groups in total. The Labute approximate surface area is 112 Å². The van der Waals surface area contributed by atoms with E-state index in [0.717, 1.165) is 6.54 Å². The minimum Gasteiger partial charge on any atom is -0.468 e. The number of carbonyl (C=O) groups excluding carboxylic acids is 1. The number of ether oxygens (including phenoxy) is 1. The molecule has 2 saturated carbocycles. The second-order valence-electron chi connectivity index (χ2n) is 5.34. The van der Waals surface area contributed by atoms with E-state index in [1.807, 2.05) is 0 Å². The first-order chi connectivity index (χ1) is 8.79. The largest absolute Gasteiger partial charge is 0.468 e. The van der Waals surface area contributed by atoms with Crippen LogP contribution in [-0.2, 0) is 16.1 Å². The van der Waals surface area contributed by atoms with Crippen LogP contribution in [0.3, 0.4) is 0 Å². The fraction of sp³-hybridized carbons (Fsp3) is 0.643. The van der Waals surface area contributed by atoms with Crippen molar-refractivity contribution in [2.45, 2.75) is 44.3 Å². The minimum atomic E-state index is -0.0420. The Kier molecular flexibility index (Phi) is 3.39. The molecule has 98 valence electrons. The van der Waals surface area contributed by atoms with Crippen LogP contribution in [0, 0.1) is 5.92 Å². The van der Waals surface area contributed by atoms with Crippen LogP contribution >= 0.6 is 11.3 Å². The van der Waals surface area contributed by atoms with Crippen molar-refractivity contribution in [3.63, 3.8) is 0 Å². The summed E-state index contributed by atoms with van der Waals surface area (Å²) < 4.78 is 5.01. The number of rotatable bonds is 6. The van der Waals surface area contributed by atoms with Gasteiger partial charge in [0.1, 0.15) is 6.04 Å². The van der Waals surface area contributed by atoms with Gasteiger partial charge in [0.25, 0.3) is 0 Å². The predicted molar refractivity (Wildman–Crippen MR) is 71.4 cm³/mol. The molecule has 1 unspecified atom stereocenters. The van der Waals surface area contributed by atoms with Crippen molar-refractivity contribution in [1.82, 2.24) is 4.90 Å². The molecule has 3 nitrogen and oxygen atoms in total. The number of methoxy groups -OCH3 is 1. The van der Waals surface area contributed by atoms with E-state index >= 15 is 0 Å². The molecule has 0 amide bonds. The Morgan fingerprint density at radius 1 is 1.50 bits per heavy atom. The minimum absolute atomic E-state index is 0.0117. The van der Waals surface area contributed by atoms with Gasteiger partial charge in [-0.05, 0) is 54.0 Å². The number of hydrogen-bond acceptors (Lipinski definition) is 4. The third-order valence-corrected chi connectivity index (χ3v) is 4.56. The molecule has 4 heteroatoms. The molecule has 2 aliphatic rings. The Morgan fingerprint density at radius 2 is 2.28 bits per heavy atom. The molecule has 0 aromatic carbocycles. The Morgan fingerprint density at radius 3 is 2.78 bits per heavy atom. The number of esters is 1. The fourth-order valence-electron chi connectivity index (χ4n) is 2.59. The van der Waals surface area contributed by atoms with Crippen LogP contribution in [0.5, 0.6) is 0 Å². The normalized spacial score (nSPS) is 21.0. The van der Waals surface area contributed by atoms with Crippen molar-refractivity contribution < 1.29 is 9.53 Å². The van der Waals surface area contributed by atoms with E-state index in [1.54, 1.807) is 11.3 Å². The molecule has 1 aromatic rings. The lowest BCUT2D eigenvalue weighted by molar-refractivity contribution is -0.148. The number of thiophene rings is 1. The third-order valence-electron chi connectivity index (χ3n) is 3.83. The van der Waals surface area contributed by atoms with E-state index < -0.39 is 0 Å². The standard InChI is InChI=1S/C14H19NO2S/c1-17-14(16)13(11-2-3-11)15(12-4-5-12)8-10-6-7-18-9-10/h6-7,9,11-13H,2-5,8H2,1H3. The quantitative estimate of drug-likeness (QED) is 0.741. The summed E-state index contributed by atoms with van der Waals surface area (Å²) in [6.07, 6.45) is 4.80. The summed E-state index contributed by atoms with van der Waals surface area (Å²) in [5.41, 5.74) is 1.32. The Balaban J connectivity index is 1.76. The van der Waals surface area contributed by atoms with Crippen molar-refractivity contribution in [2.75, 3.05) is 7.11 Å². The van der Waals surface area contributed by atoms with Gasteiger partial charge in [-0.25, -0.2) is 0 Å². The number of hydrogen-bond donors (Lipinski definition) is 0. The first-order valence-corrected chi connectivity index (χ1v) is 7.58. The summed E-state index contributed by atoms with van der Waals surface area (Å²) in [6.45, 7) is 0.893. The zero-order valence-electron chi connectivity index (χ0n) is 10.7. The summed E-state index contributed by atoms with van der Waals surface area (Å²) in [4.78, 5) is 14.4. The maximum atomic E-state index is 12.0. The predicted octanol–water partition coefficient (Wildman–Crippen LogP) is 2.66. The molecule has 1 aromatic heterocycles. The van der Waals surface area contributed by atoms with Gasteiger partial charge >= 0.3 is 5.97 Å². The van der Waals surface area contributed by atoms with Crippen LogP contribution in [0.2, 0.25) is 0 Å². The topological polar surface area (TPSA) is 29.5 Å². The highest BCUT2D eigenvalue weighted by Gasteiger charge is 2.45. The zero-order chi connectivity index (χ0) is 12.5.